The fourth-order valence-corrected chi connectivity index (χ4v) is 1.35. The zero-order chi connectivity index (χ0) is 12.4. The Morgan fingerprint density at radius 2 is 2.19 bits per heavy atom. The van der Waals surface area contributed by atoms with E-state index in [-0.39, 0.29) is 6.54 Å². The zero-order valence-corrected chi connectivity index (χ0v) is 10.3. The van der Waals surface area contributed by atoms with Crippen molar-refractivity contribution in [3.63, 3.8) is 0 Å². The van der Waals surface area contributed by atoms with Gasteiger partial charge in [0.2, 0.25) is 5.91 Å². The summed E-state index contributed by atoms with van der Waals surface area (Å²) in [5.41, 5.74) is 0.789. The molecular weight excluding hydrogens is 230 g/mol. The highest BCUT2D eigenvalue weighted by atomic mass is 32.2. The van der Waals surface area contributed by atoms with E-state index in [0.717, 1.165) is 11.8 Å². The van der Waals surface area contributed by atoms with Gasteiger partial charge in [-0.15, -0.1) is 0 Å². The molecule has 1 amide bonds. The molecule has 0 saturated heterocycles. The van der Waals surface area contributed by atoms with Gasteiger partial charge in [-0.05, 0) is 13.8 Å². The number of hydrogen-bond acceptors (Lipinski definition) is 4. The number of aromatic nitrogens is 2. The molecule has 1 heterocycles. The quantitative estimate of drug-likeness (QED) is 0.771. The van der Waals surface area contributed by atoms with Crippen LogP contribution in [-0.2, 0) is 21.2 Å². The summed E-state index contributed by atoms with van der Waals surface area (Å²) in [6.45, 7) is 3.02. The lowest BCUT2D eigenvalue weighted by atomic mass is 10.2. The average Bonchev–Trinajstić information content (AvgIpc) is 2.64. The third-order valence-electron chi connectivity index (χ3n) is 2.48. The van der Waals surface area contributed by atoms with E-state index in [1.54, 1.807) is 12.4 Å². The molecule has 0 aliphatic carbocycles. The van der Waals surface area contributed by atoms with E-state index in [1.165, 1.54) is 13.8 Å². The maximum Gasteiger partial charge on any atom is 0.241 e. The highest BCUT2D eigenvalue weighted by Crippen LogP contribution is 2.15. The van der Waals surface area contributed by atoms with Crippen molar-refractivity contribution in [2.45, 2.75) is 25.1 Å². The Balaban J connectivity index is 2.66. The van der Waals surface area contributed by atoms with Gasteiger partial charge < -0.3 is 5.32 Å². The lowest BCUT2D eigenvalue weighted by Gasteiger charge is -2.21. The van der Waals surface area contributed by atoms with Crippen molar-refractivity contribution in [2.75, 3.05) is 6.26 Å². The van der Waals surface area contributed by atoms with E-state index in [4.69, 9.17) is 0 Å². The lowest BCUT2D eigenvalue weighted by molar-refractivity contribution is -0.123. The van der Waals surface area contributed by atoms with Crippen LogP contribution in [0, 0.1) is 0 Å². The van der Waals surface area contributed by atoms with Gasteiger partial charge in [0.25, 0.3) is 0 Å². The number of nitrogens with zero attached hydrogens (tertiary/aromatic N) is 1. The topological polar surface area (TPSA) is 91.9 Å². The van der Waals surface area contributed by atoms with Crippen LogP contribution in [0.25, 0.3) is 0 Å². The second kappa shape index (κ2) is 4.25. The number of hydrogen-bond donors (Lipinski definition) is 2. The molecule has 0 fully saturated rings. The Bertz CT molecular complexity index is 462. The maximum atomic E-state index is 11.7. The van der Waals surface area contributed by atoms with Gasteiger partial charge in [-0.2, -0.15) is 5.10 Å². The Morgan fingerprint density at radius 3 is 2.62 bits per heavy atom. The highest BCUT2D eigenvalue weighted by Gasteiger charge is 2.38. The van der Waals surface area contributed by atoms with Crippen LogP contribution in [0.2, 0.25) is 0 Å². The van der Waals surface area contributed by atoms with Crippen molar-refractivity contribution in [3.8, 4) is 0 Å². The summed E-state index contributed by atoms with van der Waals surface area (Å²) in [6.07, 6.45) is 4.24. The largest absolute Gasteiger partial charge is 0.351 e. The van der Waals surface area contributed by atoms with Crippen molar-refractivity contribution in [2.24, 2.45) is 0 Å². The van der Waals surface area contributed by atoms with Gasteiger partial charge in [-0.25, -0.2) is 8.42 Å². The van der Waals surface area contributed by atoms with Crippen LogP contribution >= 0.6 is 0 Å². The van der Waals surface area contributed by atoms with E-state index >= 15 is 0 Å². The molecule has 16 heavy (non-hydrogen) atoms. The first-order valence-corrected chi connectivity index (χ1v) is 6.60. The fourth-order valence-electron chi connectivity index (χ4n) is 0.938. The van der Waals surface area contributed by atoms with Crippen LogP contribution in [-0.4, -0.2) is 35.5 Å². The van der Waals surface area contributed by atoms with Crippen LogP contribution in [0.3, 0.4) is 0 Å². The van der Waals surface area contributed by atoms with Crippen molar-refractivity contribution < 1.29 is 13.2 Å². The van der Waals surface area contributed by atoms with Crippen LogP contribution in [0.1, 0.15) is 19.4 Å². The van der Waals surface area contributed by atoms with E-state index in [2.05, 4.69) is 15.5 Å². The first kappa shape index (κ1) is 12.7. The Hall–Kier alpha value is -1.37. The van der Waals surface area contributed by atoms with Crippen molar-refractivity contribution in [1.82, 2.24) is 15.5 Å². The molecule has 0 aliphatic rings. The number of carbonyl (C=O) groups excluding carboxylic acids is 1. The Kier molecular flexibility index (Phi) is 3.37. The molecule has 1 aromatic heterocycles. The predicted molar refractivity (Wildman–Crippen MR) is 59.4 cm³/mol. The first-order chi connectivity index (χ1) is 7.25. The minimum atomic E-state index is -3.43. The highest BCUT2D eigenvalue weighted by molar-refractivity contribution is 7.92. The third-order valence-corrected chi connectivity index (χ3v) is 4.52. The van der Waals surface area contributed by atoms with Crippen LogP contribution in [0.5, 0.6) is 0 Å². The molecule has 1 rings (SSSR count). The summed E-state index contributed by atoms with van der Waals surface area (Å²) < 4.78 is 21.3. The molecule has 0 aliphatic heterocycles. The molecule has 2 N–H and O–H groups in total. The molecule has 7 heteroatoms. The second-order valence-electron chi connectivity index (χ2n) is 4.07. The molecule has 0 atom stereocenters. The summed E-state index contributed by atoms with van der Waals surface area (Å²) in [4.78, 5) is 11.7. The number of amides is 1. The summed E-state index contributed by atoms with van der Waals surface area (Å²) in [7, 11) is -3.43. The molecule has 1 aromatic rings. The molecule has 0 saturated carbocycles. The van der Waals surface area contributed by atoms with Crippen molar-refractivity contribution in [3.05, 3.63) is 18.0 Å². The fraction of sp³-hybridized carbons (Fsp3) is 0.556. The van der Waals surface area contributed by atoms with Gasteiger partial charge in [0.15, 0.2) is 9.84 Å². The smallest absolute Gasteiger partial charge is 0.241 e. The van der Waals surface area contributed by atoms with Gasteiger partial charge in [0, 0.05) is 24.6 Å². The standard InChI is InChI=1S/C9H15N3O3S/c1-9(2,16(3,14)15)8(13)10-4-7-5-11-12-6-7/h5-6H,4H2,1-3H3,(H,10,13)(H,11,12). The van der Waals surface area contributed by atoms with Crippen molar-refractivity contribution >= 4 is 15.7 Å². The van der Waals surface area contributed by atoms with E-state index in [9.17, 15) is 13.2 Å². The third kappa shape index (κ3) is 2.60. The number of aromatic amines is 1. The van der Waals surface area contributed by atoms with Gasteiger partial charge in [0.1, 0.15) is 4.75 Å². The van der Waals surface area contributed by atoms with Gasteiger partial charge in [-0.1, -0.05) is 0 Å². The monoisotopic (exact) mass is 245 g/mol. The summed E-state index contributed by atoms with van der Waals surface area (Å²) >= 11 is 0. The van der Waals surface area contributed by atoms with E-state index in [1.807, 2.05) is 0 Å². The zero-order valence-electron chi connectivity index (χ0n) is 9.44. The minimum absolute atomic E-state index is 0.258. The Labute approximate surface area is 94.4 Å². The van der Waals surface area contributed by atoms with E-state index in [0.29, 0.717) is 0 Å². The minimum Gasteiger partial charge on any atom is -0.351 e. The number of H-pyrrole nitrogens is 1. The molecule has 0 bridgehead atoms. The molecule has 90 valence electrons. The number of rotatable bonds is 4. The van der Waals surface area contributed by atoms with E-state index < -0.39 is 20.5 Å². The summed E-state index contributed by atoms with van der Waals surface area (Å²) in [5.74, 6) is -0.517. The SMILES string of the molecule is CC(C)(C(=O)NCc1cn[nH]c1)S(C)(=O)=O. The summed E-state index contributed by atoms with van der Waals surface area (Å²) in [5, 5.41) is 8.87. The predicted octanol–water partition coefficient (Wildman–Crippen LogP) is -0.151. The number of nitrogens with one attached hydrogen (secondary N) is 2. The second-order valence-corrected chi connectivity index (χ2v) is 6.64. The van der Waals surface area contributed by atoms with Gasteiger partial charge >= 0.3 is 0 Å². The summed E-state index contributed by atoms with van der Waals surface area (Å²) in [6, 6.07) is 0. The van der Waals surface area contributed by atoms with Crippen LogP contribution in [0.4, 0.5) is 0 Å². The molecule has 6 nitrogen and oxygen atoms in total. The Morgan fingerprint density at radius 1 is 1.56 bits per heavy atom. The molecule has 0 radical (unpaired) electrons. The van der Waals surface area contributed by atoms with Gasteiger partial charge in [0.05, 0.1) is 6.20 Å². The normalized spacial score (nSPS) is 12.4. The first-order valence-electron chi connectivity index (χ1n) is 4.70. The molecular formula is C9H15N3O3S. The lowest BCUT2D eigenvalue weighted by Crippen LogP contribution is -2.47. The van der Waals surface area contributed by atoms with Crippen molar-refractivity contribution in [1.29, 1.82) is 0 Å². The molecule has 0 unspecified atom stereocenters. The van der Waals surface area contributed by atoms with Crippen LogP contribution in [0.15, 0.2) is 12.4 Å². The average molecular weight is 245 g/mol. The molecule has 0 spiro atoms. The van der Waals surface area contributed by atoms with Gasteiger partial charge in [-0.3, -0.25) is 9.89 Å². The number of carbonyl (C=O) groups is 1. The van der Waals surface area contributed by atoms with Crippen LogP contribution < -0.4 is 5.32 Å². The maximum absolute atomic E-state index is 11.7. The molecule has 0 aromatic carbocycles. The number of sulfone groups is 1.